The Morgan fingerprint density at radius 3 is 2.73 bits per heavy atom. The number of carbonyl (C=O) groups is 2. The van der Waals surface area contributed by atoms with Gasteiger partial charge in [-0.15, -0.1) is 5.10 Å². The Balaban J connectivity index is 1.78. The van der Waals surface area contributed by atoms with Gasteiger partial charge in [0.05, 0.1) is 18.6 Å². The van der Waals surface area contributed by atoms with E-state index in [1.807, 2.05) is 12.1 Å². The van der Waals surface area contributed by atoms with Crippen LogP contribution >= 0.6 is 11.8 Å². The van der Waals surface area contributed by atoms with Crippen LogP contribution in [0.5, 0.6) is 5.75 Å². The Morgan fingerprint density at radius 1 is 1.32 bits per heavy atom. The van der Waals surface area contributed by atoms with E-state index in [0.29, 0.717) is 10.7 Å². The first-order valence-electron chi connectivity index (χ1n) is 6.29. The number of aromatic amines is 1. The van der Waals surface area contributed by atoms with Crippen molar-refractivity contribution in [1.82, 2.24) is 25.5 Å². The van der Waals surface area contributed by atoms with Crippen molar-refractivity contribution >= 4 is 29.0 Å². The highest BCUT2D eigenvalue weighted by Gasteiger charge is 2.35. The van der Waals surface area contributed by atoms with Crippen LogP contribution in [0.2, 0.25) is 0 Å². The fourth-order valence-electron chi connectivity index (χ4n) is 1.88. The molecule has 0 radical (unpaired) electrons. The molecule has 1 aliphatic rings. The van der Waals surface area contributed by atoms with E-state index in [4.69, 9.17) is 4.74 Å². The van der Waals surface area contributed by atoms with Gasteiger partial charge < -0.3 is 4.74 Å². The number of methoxy groups -OCH3 is 1. The molecule has 0 bridgehead atoms. The van der Waals surface area contributed by atoms with Gasteiger partial charge in [0, 0.05) is 0 Å². The van der Waals surface area contributed by atoms with E-state index >= 15 is 0 Å². The Labute approximate surface area is 129 Å². The third-order valence-corrected chi connectivity index (χ3v) is 3.89. The minimum Gasteiger partial charge on any atom is -0.497 e. The average Bonchev–Trinajstić information content (AvgIpc) is 3.13. The molecule has 1 N–H and O–H groups in total. The molecule has 1 aromatic carbocycles. The number of nitrogens with zero attached hydrogens (tertiary/aromatic N) is 4. The number of H-pyrrole nitrogens is 1. The number of nitrogens with one attached hydrogen (secondary N) is 1. The van der Waals surface area contributed by atoms with Crippen molar-refractivity contribution in [3.8, 4) is 5.75 Å². The number of imide groups is 1. The third kappa shape index (κ3) is 2.84. The second kappa shape index (κ2) is 5.98. The van der Waals surface area contributed by atoms with Crippen molar-refractivity contribution < 1.29 is 14.3 Å². The summed E-state index contributed by atoms with van der Waals surface area (Å²) in [5.74, 6) is 0.721. The molecule has 3 rings (SSSR count). The van der Waals surface area contributed by atoms with Gasteiger partial charge in [0.15, 0.2) is 5.82 Å². The summed E-state index contributed by atoms with van der Waals surface area (Å²) in [6, 6.07) is 7.20. The van der Waals surface area contributed by atoms with Gasteiger partial charge in [0.2, 0.25) is 0 Å². The highest BCUT2D eigenvalue weighted by Crippen LogP contribution is 2.33. The third-order valence-electron chi connectivity index (χ3n) is 2.98. The molecule has 1 fully saturated rings. The zero-order chi connectivity index (χ0) is 15.5. The average molecular weight is 317 g/mol. The number of aromatic nitrogens is 4. The molecule has 2 heterocycles. The first kappa shape index (κ1) is 14.3. The van der Waals surface area contributed by atoms with Crippen molar-refractivity contribution in [3.63, 3.8) is 0 Å². The summed E-state index contributed by atoms with van der Waals surface area (Å²) in [6.45, 7) is 0.0254. The molecule has 0 aliphatic carbocycles. The Hall–Kier alpha value is -2.68. The number of hydrogen-bond donors (Lipinski definition) is 1. The van der Waals surface area contributed by atoms with Crippen LogP contribution in [0.1, 0.15) is 11.4 Å². The van der Waals surface area contributed by atoms with E-state index in [0.717, 1.165) is 28.0 Å². The summed E-state index contributed by atoms with van der Waals surface area (Å²) in [7, 11) is 1.58. The molecule has 0 unspecified atom stereocenters. The van der Waals surface area contributed by atoms with Crippen LogP contribution in [0.15, 0.2) is 29.2 Å². The molecule has 0 spiro atoms. The van der Waals surface area contributed by atoms with E-state index in [9.17, 15) is 9.59 Å². The summed E-state index contributed by atoms with van der Waals surface area (Å²) in [4.78, 5) is 25.7. The summed E-state index contributed by atoms with van der Waals surface area (Å²) in [5.41, 5.74) is 0.813. The van der Waals surface area contributed by atoms with Crippen LogP contribution in [0.4, 0.5) is 4.79 Å². The molecule has 2 aromatic rings. The SMILES string of the molecule is COc1ccc(/C=C2\SC(=O)N(Cc3nnn[nH]3)C2=O)cc1. The zero-order valence-corrected chi connectivity index (χ0v) is 12.3. The molecule has 0 atom stereocenters. The van der Waals surface area contributed by atoms with Crippen LogP contribution in [0.25, 0.3) is 6.08 Å². The zero-order valence-electron chi connectivity index (χ0n) is 11.5. The lowest BCUT2D eigenvalue weighted by Crippen LogP contribution is -2.28. The maximum absolute atomic E-state index is 12.3. The van der Waals surface area contributed by atoms with E-state index in [2.05, 4.69) is 20.6 Å². The number of carbonyl (C=O) groups excluding carboxylic acids is 2. The summed E-state index contributed by atoms with van der Waals surface area (Å²) >= 11 is 0.893. The number of rotatable bonds is 4. The van der Waals surface area contributed by atoms with Crippen LogP contribution in [-0.2, 0) is 11.3 Å². The van der Waals surface area contributed by atoms with Gasteiger partial charge in [0.1, 0.15) is 5.75 Å². The molecule has 8 nitrogen and oxygen atoms in total. The number of ether oxygens (including phenoxy) is 1. The van der Waals surface area contributed by atoms with Crippen molar-refractivity contribution in [2.75, 3.05) is 7.11 Å². The number of amides is 2. The maximum Gasteiger partial charge on any atom is 0.293 e. The number of tetrazole rings is 1. The van der Waals surface area contributed by atoms with Gasteiger partial charge in [-0.1, -0.05) is 12.1 Å². The summed E-state index contributed by atoms with van der Waals surface area (Å²) < 4.78 is 5.08. The standard InChI is InChI=1S/C13H11N5O3S/c1-21-9-4-2-8(3-5-9)6-10-12(19)18(13(20)22-10)7-11-14-16-17-15-11/h2-6H,7H2,1H3,(H,14,15,16,17)/b10-6-. The highest BCUT2D eigenvalue weighted by molar-refractivity contribution is 8.18. The van der Waals surface area contributed by atoms with Crippen LogP contribution < -0.4 is 4.74 Å². The van der Waals surface area contributed by atoms with Gasteiger partial charge in [-0.3, -0.25) is 14.5 Å². The quantitative estimate of drug-likeness (QED) is 0.851. The van der Waals surface area contributed by atoms with E-state index in [-0.39, 0.29) is 17.7 Å². The molecule has 2 amide bonds. The smallest absolute Gasteiger partial charge is 0.293 e. The second-order valence-electron chi connectivity index (χ2n) is 4.39. The predicted molar refractivity (Wildman–Crippen MR) is 78.7 cm³/mol. The topological polar surface area (TPSA) is 101 Å². The molecule has 0 saturated carbocycles. The van der Waals surface area contributed by atoms with Crippen LogP contribution in [0, 0.1) is 0 Å². The largest absolute Gasteiger partial charge is 0.497 e. The van der Waals surface area contributed by atoms with Crippen molar-refractivity contribution in [3.05, 3.63) is 40.6 Å². The van der Waals surface area contributed by atoms with Crippen LogP contribution in [0.3, 0.4) is 0 Å². The van der Waals surface area contributed by atoms with E-state index in [1.165, 1.54) is 0 Å². The van der Waals surface area contributed by atoms with E-state index in [1.54, 1.807) is 25.3 Å². The second-order valence-corrected chi connectivity index (χ2v) is 5.38. The minimum atomic E-state index is -0.359. The lowest BCUT2D eigenvalue weighted by molar-refractivity contribution is -0.123. The minimum absolute atomic E-state index is 0.0254. The van der Waals surface area contributed by atoms with Gasteiger partial charge in [-0.25, -0.2) is 5.10 Å². The molecular formula is C13H11N5O3S. The van der Waals surface area contributed by atoms with Gasteiger partial charge in [0.25, 0.3) is 11.1 Å². The number of benzene rings is 1. The Morgan fingerprint density at radius 2 is 2.09 bits per heavy atom. The monoisotopic (exact) mass is 317 g/mol. The molecule has 1 aromatic heterocycles. The molecule has 9 heteroatoms. The number of thioether (sulfide) groups is 1. The lowest BCUT2D eigenvalue weighted by Gasteiger charge is -2.08. The molecular weight excluding hydrogens is 306 g/mol. The van der Waals surface area contributed by atoms with E-state index < -0.39 is 0 Å². The molecule has 1 aliphatic heterocycles. The van der Waals surface area contributed by atoms with Crippen molar-refractivity contribution in [1.29, 1.82) is 0 Å². The summed E-state index contributed by atoms with van der Waals surface area (Å²) in [5, 5.41) is 12.7. The fraction of sp³-hybridized carbons (Fsp3) is 0.154. The van der Waals surface area contributed by atoms with Gasteiger partial charge in [-0.2, -0.15) is 0 Å². The van der Waals surface area contributed by atoms with Gasteiger partial charge >= 0.3 is 0 Å². The van der Waals surface area contributed by atoms with Crippen molar-refractivity contribution in [2.45, 2.75) is 6.54 Å². The number of hydrogen-bond acceptors (Lipinski definition) is 7. The highest BCUT2D eigenvalue weighted by atomic mass is 32.2. The Kier molecular flexibility index (Phi) is 3.88. The summed E-state index contributed by atoms with van der Waals surface area (Å²) in [6.07, 6.45) is 1.67. The Bertz CT molecular complexity index is 727. The first-order valence-corrected chi connectivity index (χ1v) is 7.11. The maximum atomic E-state index is 12.3. The van der Waals surface area contributed by atoms with Crippen molar-refractivity contribution in [2.24, 2.45) is 0 Å². The fourth-order valence-corrected chi connectivity index (χ4v) is 2.72. The normalized spacial score (nSPS) is 16.6. The van der Waals surface area contributed by atoms with Gasteiger partial charge in [-0.05, 0) is 46.0 Å². The molecule has 112 valence electrons. The first-order chi connectivity index (χ1) is 10.7. The molecule has 22 heavy (non-hydrogen) atoms. The molecule has 1 saturated heterocycles. The predicted octanol–water partition coefficient (Wildman–Crippen LogP) is 1.44. The lowest BCUT2D eigenvalue weighted by atomic mass is 10.2. The van der Waals surface area contributed by atoms with Crippen LogP contribution in [-0.4, -0.2) is 43.8 Å².